The molecule has 0 aromatic carbocycles. The number of rotatable bonds is 3. The van der Waals surface area contributed by atoms with Crippen LogP contribution in [0.25, 0.3) is 0 Å². The Morgan fingerprint density at radius 2 is 2.33 bits per heavy atom. The third kappa shape index (κ3) is 2.41. The fourth-order valence-corrected chi connectivity index (χ4v) is 3.73. The summed E-state index contributed by atoms with van der Waals surface area (Å²) in [6.07, 6.45) is 1.76. The lowest BCUT2D eigenvalue weighted by atomic mass is 9.92. The molecule has 2 amide bonds. The van der Waals surface area contributed by atoms with Gasteiger partial charge in [-0.1, -0.05) is 6.07 Å². The van der Waals surface area contributed by atoms with Crippen LogP contribution in [0.2, 0.25) is 0 Å². The first-order chi connectivity index (χ1) is 11.6. The van der Waals surface area contributed by atoms with Gasteiger partial charge in [-0.2, -0.15) is 5.10 Å². The van der Waals surface area contributed by atoms with Crippen LogP contribution in [0.15, 0.2) is 40.3 Å². The van der Waals surface area contributed by atoms with E-state index in [0.29, 0.717) is 18.1 Å². The highest BCUT2D eigenvalue weighted by Crippen LogP contribution is 2.42. The van der Waals surface area contributed by atoms with Crippen molar-refractivity contribution >= 4 is 34.8 Å². The van der Waals surface area contributed by atoms with Crippen molar-refractivity contribution in [2.45, 2.75) is 12.3 Å². The predicted octanol–water partition coefficient (Wildman–Crippen LogP) is 2.80. The van der Waals surface area contributed by atoms with Gasteiger partial charge in [-0.3, -0.25) is 14.3 Å². The molecule has 1 atom stereocenters. The number of amides is 2. The third-order valence-corrected chi connectivity index (χ3v) is 4.93. The zero-order chi connectivity index (χ0) is 16.7. The molecule has 1 aliphatic rings. The molecule has 0 saturated heterocycles. The van der Waals surface area contributed by atoms with E-state index in [-0.39, 0.29) is 23.5 Å². The van der Waals surface area contributed by atoms with Crippen molar-refractivity contribution in [1.29, 1.82) is 0 Å². The highest BCUT2D eigenvalue weighted by Gasteiger charge is 2.34. The number of carbonyl (C=O) groups excluding carboxylic acids is 2. The molecule has 1 aliphatic heterocycles. The second kappa shape index (κ2) is 5.64. The number of carbonyl (C=O) groups is 2. The topological polar surface area (TPSA) is 89.2 Å². The largest absolute Gasteiger partial charge is 0.459 e. The maximum atomic E-state index is 12.3. The molecular formula is C16H14N4O3S. The maximum Gasteiger partial charge on any atom is 0.292 e. The molecule has 0 spiro atoms. The summed E-state index contributed by atoms with van der Waals surface area (Å²) in [4.78, 5) is 25.4. The smallest absolute Gasteiger partial charge is 0.292 e. The molecule has 7 nitrogen and oxygen atoms in total. The number of fused-ring (bicyclic) bond motifs is 1. The average molecular weight is 342 g/mol. The molecule has 3 aromatic rings. The molecule has 0 saturated carbocycles. The van der Waals surface area contributed by atoms with Crippen LogP contribution in [0.1, 0.15) is 33.3 Å². The molecule has 4 rings (SSSR count). The van der Waals surface area contributed by atoms with Crippen LogP contribution >= 0.6 is 11.3 Å². The van der Waals surface area contributed by atoms with Crippen molar-refractivity contribution in [3.63, 3.8) is 0 Å². The van der Waals surface area contributed by atoms with Gasteiger partial charge in [0, 0.05) is 29.8 Å². The van der Waals surface area contributed by atoms with Crippen LogP contribution < -0.4 is 10.6 Å². The SMILES string of the molecule is Cn1nc(NC(=O)c2ccco2)c2c1NC(=O)C[C@@H]2c1cccs1. The zero-order valence-corrected chi connectivity index (χ0v) is 13.6. The molecule has 24 heavy (non-hydrogen) atoms. The van der Waals surface area contributed by atoms with Gasteiger partial charge in [-0.15, -0.1) is 11.3 Å². The van der Waals surface area contributed by atoms with Gasteiger partial charge in [0.05, 0.1) is 6.26 Å². The van der Waals surface area contributed by atoms with E-state index in [2.05, 4.69) is 15.7 Å². The summed E-state index contributed by atoms with van der Waals surface area (Å²) in [7, 11) is 1.73. The van der Waals surface area contributed by atoms with Crippen molar-refractivity contribution in [3.8, 4) is 0 Å². The highest BCUT2D eigenvalue weighted by atomic mass is 32.1. The molecule has 4 heterocycles. The van der Waals surface area contributed by atoms with E-state index in [4.69, 9.17) is 4.42 Å². The minimum Gasteiger partial charge on any atom is -0.459 e. The van der Waals surface area contributed by atoms with Gasteiger partial charge in [-0.25, -0.2) is 0 Å². The summed E-state index contributed by atoms with van der Waals surface area (Å²) in [5.74, 6) is 0.693. The molecule has 0 aliphatic carbocycles. The fourth-order valence-electron chi connectivity index (χ4n) is 2.89. The normalized spacial score (nSPS) is 16.5. The minimum atomic E-state index is -0.372. The average Bonchev–Trinajstić information content (AvgIpc) is 3.29. The molecule has 0 fully saturated rings. The lowest BCUT2D eigenvalue weighted by Crippen LogP contribution is -2.24. The van der Waals surface area contributed by atoms with E-state index >= 15 is 0 Å². The molecular weight excluding hydrogens is 328 g/mol. The van der Waals surface area contributed by atoms with Crippen LogP contribution in [0, 0.1) is 0 Å². The van der Waals surface area contributed by atoms with Crippen molar-refractivity contribution in [2.24, 2.45) is 7.05 Å². The number of aromatic nitrogens is 2. The standard InChI is InChI=1S/C16H14N4O3S/c1-20-15-13(9(8-12(21)17-15)11-5-3-7-24-11)14(19-20)18-16(22)10-4-2-6-23-10/h2-7,9H,8H2,1H3,(H,17,21)(H,18,19,22)/t9-/m1/s1. The number of nitrogens with zero attached hydrogens (tertiary/aromatic N) is 2. The fraction of sp³-hybridized carbons (Fsp3) is 0.188. The van der Waals surface area contributed by atoms with Crippen LogP contribution in [0.3, 0.4) is 0 Å². The summed E-state index contributed by atoms with van der Waals surface area (Å²) in [5.41, 5.74) is 0.819. The molecule has 2 N–H and O–H groups in total. The number of hydrogen-bond acceptors (Lipinski definition) is 5. The van der Waals surface area contributed by atoms with Crippen LogP contribution in [0.4, 0.5) is 11.6 Å². The van der Waals surface area contributed by atoms with Crippen molar-refractivity contribution in [3.05, 3.63) is 52.1 Å². The molecule has 0 radical (unpaired) electrons. The number of anilines is 2. The van der Waals surface area contributed by atoms with Gasteiger partial charge < -0.3 is 15.1 Å². The Kier molecular flexibility index (Phi) is 3.46. The van der Waals surface area contributed by atoms with Gasteiger partial charge in [0.2, 0.25) is 5.91 Å². The van der Waals surface area contributed by atoms with Gasteiger partial charge in [0.15, 0.2) is 11.6 Å². The highest BCUT2D eigenvalue weighted by molar-refractivity contribution is 7.10. The van der Waals surface area contributed by atoms with Gasteiger partial charge in [0.25, 0.3) is 5.91 Å². The Morgan fingerprint density at radius 1 is 1.46 bits per heavy atom. The van der Waals surface area contributed by atoms with Gasteiger partial charge in [0.1, 0.15) is 5.82 Å². The summed E-state index contributed by atoms with van der Waals surface area (Å²) in [6.45, 7) is 0. The Labute approximate surface area is 141 Å². The number of aryl methyl sites for hydroxylation is 1. The summed E-state index contributed by atoms with van der Waals surface area (Å²) >= 11 is 1.58. The lowest BCUT2D eigenvalue weighted by molar-refractivity contribution is -0.116. The van der Waals surface area contributed by atoms with E-state index in [0.717, 1.165) is 10.4 Å². The third-order valence-electron chi connectivity index (χ3n) is 3.94. The lowest BCUT2D eigenvalue weighted by Gasteiger charge is -2.22. The predicted molar refractivity (Wildman–Crippen MR) is 89.3 cm³/mol. The maximum absolute atomic E-state index is 12.3. The van der Waals surface area contributed by atoms with E-state index < -0.39 is 0 Å². The van der Waals surface area contributed by atoms with Gasteiger partial charge >= 0.3 is 0 Å². The number of thiophene rings is 1. The quantitative estimate of drug-likeness (QED) is 0.766. The second-order valence-electron chi connectivity index (χ2n) is 5.49. The first-order valence-corrected chi connectivity index (χ1v) is 8.26. The summed E-state index contributed by atoms with van der Waals surface area (Å²) in [5, 5.41) is 12.0. The first-order valence-electron chi connectivity index (χ1n) is 7.38. The Morgan fingerprint density at radius 3 is 3.04 bits per heavy atom. The number of nitrogens with one attached hydrogen (secondary N) is 2. The Balaban J connectivity index is 1.76. The molecule has 0 unspecified atom stereocenters. The zero-order valence-electron chi connectivity index (χ0n) is 12.8. The molecule has 8 heteroatoms. The van der Waals surface area contributed by atoms with Crippen molar-refractivity contribution in [2.75, 3.05) is 10.6 Å². The van der Waals surface area contributed by atoms with Crippen molar-refractivity contribution < 1.29 is 14.0 Å². The van der Waals surface area contributed by atoms with E-state index in [1.165, 1.54) is 6.26 Å². The monoisotopic (exact) mass is 342 g/mol. The number of hydrogen-bond donors (Lipinski definition) is 2. The Hall–Kier alpha value is -2.87. The Bertz CT molecular complexity index is 896. The van der Waals surface area contributed by atoms with Gasteiger partial charge in [-0.05, 0) is 23.6 Å². The number of furan rings is 1. The van der Waals surface area contributed by atoms with E-state index in [1.54, 1.807) is 35.2 Å². The molecule has 3 aromatic heterocycles. The summed E-state index contributed by atoms with van der Waals surface area (Å²) in [6, 6.07) is 7.17. The summed E-state index contributed by atoms with van der Waals surface area (Å²) < 4.78 is 6.69. The molecule has 0 bridgehead atoms. The van der Waals surface area contributed by atoms with Crippen molar-refractivity contribution in [1.82, 2.24) is 9.78 Å². The molecule has 122 valence electrons. The second-order valence-corrected chi connectivity index (χ2v) is 6.47. The van der Waals surface area contributed by atoms with Crippen LogP contribution in [-0.4, -0.2) is 21.6 Å². The first kappa shape index (κ1) is 14.7. The van der Waals surface area contributed by atoms with E-state index in [1.807, 2.05) is 17.5 Å². The van der Waals surface area contributed by atoms with E-state index in [9.17, 15) is 9.59 Å². The van der Waals surface area contributed by atoms with Crippen LogP contribution in [-0.2, 0) is 11.8 Å². The minimum absolute atomic E-state index is 0.0622. The van der Waals surface area contributed by atoms with Crippen LogP contribution in [0.5, 0.6) is 0 Å².